The van der Waals surface area contributed by atoms with E-state index in [1.807, 2.05) is 0 Å². The molecule has 60 valence electrons. The molecule has 0 fully saturated rings. The van der Waals surface area contributed by atoms with Gasteiger partial charge in [-0.05, 0) is 19.1 Å². The second kappa shape index (κ2) is 3.32. The van der Waals surface area contributed by atoms with Crippen LogP contribution in [0.4, 0.5) is 4.39 Å². The van der Waals surface area contributed by atoms with Crippen LogP contribution in [0.15, 0.2) is 22.7 Å². The zero-order valence-corrected chi connectivity index (χ0v) is 7.73. The zero-order valence-electron chi connectivity index (χ0n) is 6.14. The Labute approximate surface area is 73.5 Å². The highest BCUT2D eigenvalue weighted by Gasteiger charge is 2.05. The van der Waals surface area contributed by atoms with E-state index in [4.69, 9.17) is 5.73 Å². The summed E-state index contributed by atoms with van der Waals surface area (Å²) in [5, 5.41) is 0. The van der Waals surface area contributed by atoms with Crippen LogP contribution in [0.5, 0.6) is 0 Å². The number of benzene rings is 1. The number of rotatable bonds is 1. The Morgan fingerprint density at radius 2 is 2.18 bits per heavy atom. The maximum atomic E-state index is 13.0. The predicted octanol–water partition coefficient (Wildman–Crippen LogP) is 2.61. The van der Waals surface area contributed by atoms with Crippen LogP contribution in [-0.4, -0.2) is 0 Å². The van der Waals surface area contributed by atoms with Crippen molar-refractivity contribution in [1.29, 1.82) is 0 Å². The largest absolute Gasteiger partial charge is 0.324 e. The monoisotopic (exact) mass is 217 g/mol. The standard InChI is InChI=1S/C8H9BrFN/c1-5(11)7-3-2-6(9)4-8(7)10/h2-5H,11H2,1H3. The Balaban J connectivity index is 3.09. The maximum absolute atomic E-state index is 13.0. The second-order valence-corrected chi connectivity index (χ2v) is 3.37. The molecule has 0 saturated carbocycles. The van der Waals surface area contributed by atoms with Crippen molar-refractivity contribution >= 4 is 15.9 Å². The minimum absolute atomic E-state index is 0.247. The first kappa shape index (κ1) is 8.68. The van der Waals surface area contributed by atoms with Crippen molar-refractivity contribution in [2.75, 3.05) is 0 Å². The van der Waals surface area contributed by atoms with Gasteiger partial charge in [-0.3, -0.25) is 0 Å². The third-order valence-electron chi connectivity index (χ3n) is 1.45. The Bertz CT molecular complexity index is 260. The fourth-order valence-electron chi connectivity index (χ4n) is 0.871. The first-order chi connectivity index (χ1) is 5.11. The average Bonchev–Trinajstić information content (AvgIpc) is 1.85. The van der Waals surface area contributed by atoms with Gasteiger partial charge in [-0.15, -0.1) is 0 Å². The molecule has 0 saturated heterocycles. The molecule has 1 nitrogen and oxygen atoms in total. The van der Waals surface area contributed by atoms with E-state index in [1.165, 1.54) is 6.07 Å². The summed E-state index contributed by atoms with van der Waals surface area (Å²) in [6.45, 7) is 1.76. The fourth-order valence-corrected chi connectivity index (χ4v) is 1.20. The van der Waals surface area contributed by atoms with E-state index in [0.717, 1.165) is 4.47 Å². The van der Waals surface area contributed by atoms with Crippen LogP contribution in [-0.2, 0) is 0 Å². The summed E-state index contributed by atoms with van der Waals surface area (Å²) in [5.74, 6) is -0.255. The van der Waals surface area contributed by atoms with Crippen LogP contribution in [0.1, 0.15) is 18.5 Å². The lowest BCUT2D eigenvalue weighted by atomic mass is 10.1. The summed E-state index contributed by atoms with van der Waals surface area (Å²) >= 11 is 3.16. The first-order valence-corrected chi connectivity index (χ1v) is 4.11. The number of halogens is 2. The second-order valence-electron chi connectivity index (χ2n) is 2.45. The molecule has 2 N–H and O–H groups in total. The molecular weight excluding hydrogens is 209 g/mol. The van der Waals surface area contributed by atoms with E-state index in [9.17, 15) is 4.39 Å². The van der Waals surface area contributed by atoms with Crippen LogP contribution in [0.2, 0.25) is 0 Å². The molecule has 0 bridgehead atoms. The lowest BCUT2D eigenvalue weighted by Crippen LogP contribution is -2.06. The van der Waals surface area contributed by atoms with E-state index in [0.29, 0.717) is 5.56 Å². The molecule has 1 aromatic rings. The molecule has 1 atom stereocenters. The van der Waals surface area contributed by atoms with Crippen molar-refractivity contribution in [3.63, 3.8) is 0 Å². The van der Waals surface area contributed by atoms with Crippen LogP contribution in [0.25, 0.3) is 0 Å². The number of hydrogen-bond donors (Lipinski definition) is 1. The number of nitrogens with two attached hydrogens (primary N) is 1. The van der Waals surface area contributed by atoms with Gasteiger partial charge in [0.05, 0.1) is 0 Å². The highest BCUT2D eigenvalue weighted by Crippen LogP contribution is 2.18. The van der Waals surface area contributed by atoms with Gasteiger partial charge in [0.25, 0.3) is 0 Å². The van der Waals surface area contributed by atoms with Crippen LogP contribution >= 0.6 is 15.9 Å². The minimum Gasteiger partial charge on any atom is -0.324 e. The molecule has 0 heterocycles. The molecule has 0 radical (unpaired) electrons. The molecule has 0 aliphatic carbocycles. The van der Waals surface area contributed by atoms with Crippen LogP contribution in [0, 0.1) is 5.82 Å². The lowest BCUT2D eigenvalue weighted by Gasteiger charge is -2.06. The number of hydrogen-bond acceptors (Lipinski definition) is 1. The normalized spacial score (nSPS) is 13.1. The minimum atomic E-state index is -0.255. The molecular formula is C8H9BrFN. The third kappa shape index (κ3) is 2.01. The van der Waals surface area contributed by atoms with Gasteiger partial charge < -0.3 is 5.73 Å². The Kier molecular flexibility index (Phi) is 2.62. The highest BCUT2D eigenvalue weighted by molar-refractivity contribution is 9.10. The molecule has 0 aliphatic heterocycles. The van der Waals surface area contributed by atoms with Gasteiger partial charge in [0.15, 0.2) is 0 Å². The summed E-state index contributed by atoms with van der Waals surface area (Å²) in [5.41, 5.74) is 6.06. The summed E-state index contributed by atoms with van der Waals surface area (Å²) in [6, 6.07) is 4.63. The SMILES string of the molecule is CC(N)c1ccc(Br)cc1F. The van der Waals surface area contributed by atoms with E-state index >= 15 is 0 Å². The Hall–Kier alpha value is -0.410. The van der Waals surface area contributed by atoms with Gasteiger partial charge in [0.1, 0.15) is 5.82 Å². The average molecular weight is 218 g/mol. The van der Waals surface area contributed by atoms with Crippen molar-refractivity contribution in [2.45, 2.75) is 13.0 Å². The fraction of sp³-hybridized carbons (Fsp3) is 0.250. The predicted molar refractivity (Wildman–Crippen MR) is 46.7 cm³/mol. The summed E-state index contributed by atoms with van der Waals surface area (Å²) < 4.78 is 13.7. The summed E-state index contributed by atoms with van der Waals surface area (Å²) in [7, 11) is 0. The van der Waals surface area contributed by atoms with Crippen molar-refractivity contribution < 1.29 is 4.39 Å². The van der Waals surface area contributed by atoms with Crippen molar-refractivity contribution in [1.82, 2.24) is 0 Å². The van der Waals surface area contributed by atoms with Crippen molar-refractivity contribution in [3.05, 3.63) is 34.1 Å². The molecule has 0 spiro atoms. The molecule has 1 rings (SSSR count). The van der Waals surface area contributed by atoms with E-state index in [-0.39, 0.29) is 11.9 Å². The molecule has 0 aliphatic rings. The Morgan fingerprint density at radius 1 is 1.55 bits per heavy atom. The van der Waals surface area contributed by atoms with Gasteiger partial charge >= 0.3 is 0 Å². The van der Waals surface area contributed by atoms with Gasteiger partial charge in [-0.2, -0.15) is 0 Å². The first-order valence-electron chi connectivity index (χ1n) is 3.32. The van der Waals surface area contributed by atoms with Gasteiger partial charge in [0, 0.05) is 16.1 Å². The van der Waals surface area contributed by atoms with Crippen molar-refractivity contribution in [3.8, 4) is 0 Å². The molecule has 0 amide bonds. The highest BCUT2D eigenvalue weighted by atomic mass is 79.9. The zero-order chi connectivity index (χ0) is 8.43. The maximum Gasteiger partial charge on any atom is 0.129 e. The summed E-state index contributed by atoms with van der Waals surface area (Å²) in [6.07, 6.45) is 0. The van der Waals surface area contributed by atoms with Crippen LogP contribution < -0.4 is 5.73 Å². The topological polar surface area (TPSA) is 26.0 Å². The van der Waals surface area contributed by atoms with Crippen LogP contribution in [0.3, 0.4) is 0 Å². The smallest absolute Gasteiger partial charge is 0.129 e. The van der Waals surface area contributed by atoms with E-state index in [1.54, 1.807) is 19.1 Å². The van der Waals surface area contributed by atoms with Gasteiger partial charge in [0.2, 0.25) is 0 Å². The quantitative estimate of drug-likeness (QED) is 0.770. The lowest BCUT2D eigenvalue weighted by molar-refractivity contribution is 0.593. The molecule has 0 aromatic heterocycles. The molecule has 1 unspecified atom stereocenters. The van der Waals surface area contributed by atoms with Crippen molar-refractivity contribution in [2.24, 2.45) is 5.73 Å². The van der Waals surface area contributed by atoms with E-state index in [2.05, 4.69) is 15.9 Å². The molecule has 3 heteroatoms. The molecule has 1 aromatic carbocycles. The molecule has 11 heavy (non-hydrogen) atoms. The third-order valence-corrected chi connectivity index (χ3v) is 1.95. The van der Waals surface area contributed by atoms with E-state index < -0.39 is 0 Å². The Morgan fingerprint density at radius 3 is 2.64 bits per heavy atom. The van der Waals surface area contributed by atoms with Gasteiger partial charge in [-0.25, -0.2) is 4.39 Å². The van der Waals surface area contributed by atoms with Gasteiger partial charge in [-0.1, -0.05) is 22.0 Å². The summed E-state index contributed by atoms with van der Waals surface area (Å²) in [4.78, 5) is 0.